The molecule has 0 aliphatic rings. The standard InChI is InChI=1S/C11H11Cl2N3OS/c1-16-7(5-17)4-14-11(16)18-6-9-8(12)2-3-10(13)15-9/h2-4,17H,5-6H2,1H3. The van der Waals surface area contributed by atoms with E-state index in [0.29, 0.717) is 15.9 Å². The molecule has 1 N–H and O–H groups in total. The van der Waals surface area contributed by atoms with Crippen molar-refractivity contribution >= 4 is 35.0 Å². The molecule has 7 heteroatoms. The van der Waals surface area contributed by atoms with E-state index in [1.807, 2.05) is 11.6 Å². The normalized spacial score (nSPS) is 10.9. The lowest BCUT2D eigenvalue weighted by molar-refractivity contribution is 0.271. The minimum absolute atomic E-state index is 0.0275. The molecule has 0 fully saturated rings. The Morgan fingerprint density at radius 3 is 2.83 bits per heavy atom. The molecule has 2 rings (SSSR count). The molecule has 18 heavy (non-hydrogen) atoms. The van der Waals surface area contributed by atoms with Gasteiger partial charge in [0.05, 0.1) is 29.2 Å². The van der Waals surface area contributed by atoms with Crippen LogP contribution in [0.1, 0.15) is 11.4 Å². The third kappa shape index (κ3) is 2.98. The maximum Gasteiger partial charge on any atom is 0.168 e. The number of nitrogens with zero attached hydrogens (tertiary/aromatic N) is 3. The predicted octanol–water partition coefficient (Wildman–Crippen LogP) is 2.91. The maximum absolute atomic E-state index is 9.08. The number of hydrogen-bond donors (Lipinski definition) is 1. The fourth-order valence-electron chi connectivity index (χ4n) is 1.40. The highest BCUT2D eigenvalue weighted by Crippen LogP contribution is 2.26. The van der Waals surface area contributed by atoms with Crippen LogP contribution in [0.2, 0.25) is 10.2 Å². The summed E-state index contributed by atoms with van der Waals surface area (Å²) in [4.78, 5) is 8.39. The first-order valence-electron chi connectivity index (χ1n) is 5.17. The summed E-state index contributed by atoms with van der Waals surface area (Å²) in [6.07, 6.45) is 1.65. The summed E-state index contributed by atoms with van der Waals surface area (Å²) in [7, 11) is 1.86. The second-order valence-electron chi connectivity index (χ2n) is 3.60. The van der Waals surface area contributed by atoms with Crippen LogP contribution in [-0.4, -0.2) is 19.6 Å². The van der Waals surface area contributed by atoms with Gasteiger partial charge in [-0.2, -0.15) is 0 Å². The third-order valence-corrected chi connectivity index (χ3v) is 4.04. The Labute approximate surface area is 119 Å². The van der Waals surface area contributed by atoms with Gasteiger partial charge in [-0.1, -0.05) is 35.0 Å². The first-order chi connectivity index (χ1) is 8.61. The highest BCUT2D eigenvalue weighted by Gasteiger charge is 2.09. The van der Waals surface area contributed by atoms with Crippen molar-refractivity contribution in [1.29, 1.82) is 0 Å². The van der Waals surface area contributed by atoms with E-state index in [1.54, 1.807) is 18.3 Å². The number of thioether (sulfide) groups is 1. The predicted molar refractivity (Wildman–Crippen MR) is 72.9 cm³/mol. The molecule has 2 aromatic heterocycles. The van der Waals surface area contributed by atoms with Crippen LogP contribution >= 0.6 is 35.0 Å². The van der Waals surface area contributed by atoms with E-state index < -0.39 is 0 Å². The smallest absolute Gasteiger partial charge is 0.168 e. The molecular formula is C11H11Cl2N3OS. The van der Waals surface area contributed by atoms with Gasteiger partial charge >= 0.3 is 0 Å². The van der Waals surface area contributed by atoms with Crippen molar-refractivity contribution in [2.24, 2.45) is 7.05 Å². The van der Waals surface area contributed by atoms with Crippen LogP contribution < -0.4 is 0 Å². The minimum atomic E-state index is -0.0275. The molecule has 2 heterocycles. The number of aliphatic hydroxyl groups is 1. The van der Waals surface area contributed by atoms with Crippen molar-refractivity contribution in [3.63, 3.8) is 0 Å². The molecule has 0 aliphatic carbocycles. The monoisotopic (exact) mass is 303 g/mol. The zero-order valence-electron chi connectivity index (χ0n) is 9.60. The summed E-state index contributed by atoms with van der Waals surface area (Å²) in [6, 6.07) is 3.38. The fourth-order valence-corrected chi connectivity index (χ4v) is 2.74. The van der Waals surface area contributed by atoms with E-state index in [2.05, 4.69) is 9.97 Å². The van der Waals surface area contributed by atoms with E-state index in [1.165, 1.54) is 11.8 Å². The van der Waals surface area contributed by atoms with Gasteiger partial charge in [0.15, 0.2) is 5.16 Å². The molecule has 4 nitrogen and oxygen atoms in total. The van der Waals surface area contributed by atoms with Gasteiger partial charge in [0, 0.05) is 12.8 Å². The van der Waals surface area contributed by atoms with Crippen molar-refractivity contribution in [2.75, 3.05) is 0 Å². The van der Waals surface area contributed by atoms with E-state index in [9.17, 15) is 0 Å². The second kappa shape index (κ2) is 5.93. The average Bonchev–Trinajstić information content (AvgIpc) is 2.71. The number of aromatic nitrogens is 3. The van der Waals surface area contributed by atoms with Crippen LogP contribution in [0.25, 0.3) is 0 Å². The van der Waals surface area contributed by atoms with Crippen molar-refractivity contribution in [3.8, 4) is 0 Å². The molecular weight excluding hydrogens is 293 g/mol. The van der Waals surface area contributed by atoms with Gasteiger partial charge in [-0.15, -0.1) is 0 Å². The lowest BCUT2D eigenvalue weighted by atomic mass is 10.4. The Hall–Kier alpha value is -0.750. The van der Waals surface area contributed by atoms with Crippen LogP contribution in [0.15, 0.2) is 23.5 Å². The summed E-state index contributed by atoms with van der Waals surface area (Å²) in [5, 5.41) is 10.9. The maximum atomic E-state index is 9.08. The minimum Gasteiger partial charge on any atom is -0.390 e. The molecule has 0 aromatic carbocycles. The summed E-state index contributed by atoms with van der Waals surface area (Å²) in [6.45, 7) is -0.0275. The van der Waals surface area contributed by atoms with E-state index in [0.717, 1.165) is 16.5 Å². The van der Waals surface area contributed by atoms with Gasteiger partial charge in [-0.05, 0) is 12.1 Å². The Bertz CT molecular complexity index is 559. The second-order valence-corrected chi connectivity index (χ2v) is 5.34. The Balaban J connectivity index is 2.11. The number of hydrogen-bond acceptors (Lipinski definition) is 4. The Morgan fingerprint density at radius 1 is 1.39 bits per heavy atom. The van der Waals surface area contributed by atoms with Crippen LogP contribution in [0.3, 0.4) is 0 Å². The van der Waals surface area contributed by atoms with E-state index in [-0.39, 0.29) is 6.61 Å². The van der Waals surface area contributed by atoms with Gasteiger partial charge < -0.3 is 9.67 Å². The molecule has 0 unspecified atom stereocenters. The summed E-state index contributed by atoms with van der Waals surface area (Å²) >= 11 is 13.4. The molecule has 0 saturated heterocycles. The summed E-state index contributed by atoms with van der Waals surface area (Å²) < 4.78 is 1.84. The van der Waals surface area contributed by atoms with E-state index in [4.69, 9.17) is 28.3 Å². The van der Waals surface area contributed by atoms with Crippen LogP contribution in [0.4, 0.5) is 0 Å². The highest BCUT2D eigenvalue weighted by molar-refractivity contribution is 7.98. The van der Waals surface area contributed by atoms with Crippen molar-refractivity contribution in [1.82, 2.24) is 14.5 Å². The number of pyridine rings is 1. The van der Waals surface area contributed by atoms with Crippen LogP contribution in [-0.2, 0) is 19.4 Å². The fraction of sp³-hybridized carbons (Fsp3) is 0.273. The Morgan fingerprint density at radius 2 is 2.17 bits per heavy atom. The molecule has 0 aliphatic heterocycles. The van der Waals surface area contributed by atoms with Gasteiger partial charge in [0.2, 0.25) is 0 Å². The van der Waals surface area contributed by atoms with Crippen molar-refractivity contribution < 1.29 is 5.11 Å². The lowest BCUT2D eigenvalue weighted by Crippen LogP contribution is -1.98. The zero-order chi connectivity index (χ0) is 13.1. The zero-order valence-corrected chi connectivity index (χ0v) is 11.9. The Kier molecular flexibility index (Phi) is 4.50. The first kappa shape index (κ1) is 13.7. The molecule has 0 atom stereocenters. The third-order valence-electron chi connectivity index (χ3n) is 2.43. The lowest BCUT2D eigenvalue weighted by Gasteiger charge is -2.05. The largest absolute Gasteiger partial charge is 0.390 e. The number of rotatable bonds is 4. The van der Waals surface area contributed by atoms with Crippen LogP contribution in [0.5, 0.6) is 0 Å². The van der Waals surface area contributed by atoms with Gasteiger partial charge in [-0.25, -0.2) is 9.97 Å². The number of imidazole rings is 1. The molecule has 96 valence electrons. The quantitative estimate of drug-likeness (QED) is 0.697. The van der Waals surface area contributed by atoms with Gasteiger partial charge in [0.1, 0.15) is 5.15 Å². The van der Waals surface area contributed by atoms with E-state index >= 15 is 0 Å². The van der Waals surface area contributed by atoms with Crippen LogP contribution in [0, 0.1) is 0 Å². The SMILES string of the molecule is Cn1c(CO)cnc1SCc1nc(Cl)ccc1Cl. The summed E-state index contributed by atoms with van der Waals surface area (Å²) in [5.74, 6) is 0.578. The molecule has 2 aromatic rings. The average molecular weight is 304 g/mol. The van der Waals surface area contributed by atoms with Gasteiger partial charge in [-0.3, -0.25) is 0 Å². The number of aliphatic hydroxyl groups excluding tert-OH is 1. The topological polar surface area (TPSA) is 50.9 Å². The van der Waals surface area contributed by atoms with Crippen molar-refractivity contribution in [3.05, 3.63) is 39.9 Å². The summed E-state index contributed by atoms with van der Waals surface area (Å²) in [5.41, 5.74) is 1.49. The molecule has 0 bridgehead atoms. The number of halogens is 2. The highest BCUT2D eigenvalue weighted by atomic mass is 35.5. The molecule has 0 amide bonds. The first-order valence-corrected chi connectivity index (χ1v) is 6.91. The molecule has 0 radical (unpaired) electrons. The molecule has 0 saturated carbocycles. The van der Waals surface area contributed by atoms with Crippen molar-refractivity contribution in [2.45, 2.75) is 17.5 Å². The van der Waals surface area contributed by atoms with Gasteiger partial charge in [0.25, 0.3) is 0 Å². The molecule has 0 spiro atoms.